The van der Waals surface area contributed by atoms with Crippen molar-refractivity contribution in [3.63, 3.8) is 0 Å². The molecule has 0 radical (unpaired) electrons. The smallest absolute Gasteiger partial charge is 0.243 e. The Bertz CT molecular complexity index is 208. The molecular weight excluding hydrogens is 143 g/mol. The second-order valence-corrected chi connectivity index (χ2v) is 2.71. The summed E-state index contributed by atoms with van der Waals surface area (Å²) in [6.45, 7) is 0.720. The van der Waals surface area contributed by atoms with Gasteiger partial charge in [0.2, 0.25) is 6.33 Å². The fourth-order valence-electron chi connectivity index (χ4n) is 1.02. The standard InChI is InChI=1S/C8H14FN2/c1-10-6-7-11(8-10)5-3-2-4-9/h6-8H,2-5H2,1H3/q+1. The zero-order chi connectivity index (χ0) is 8.10. The number of alkyl halides is 1. The lowest BCUT2D eigenvalue weighted by Gasteiger charge is -1.92. The van der Waals surface area contributed by atoms with E-state index in [9.17, 15) is 4.39 Å². The molecule has 1 rings (SSSR count). The zero-order valence-electron chi connectivity index (χ0n) is 6.83. The van der Waals surface area contributed by atoms with E-state index >= 15 is 0 Å². The van der Waals surface area contributed by atoms with Gasteiger partial charge in [0.05, 0.1) is 20.3 Å². The highest BCUT2D eigenvalue weighted by molar-refractivity contribution is 4.65. The van der Waals surface area contributed by atoms with Crippen LogP contribution in [0.3, 0.4) is 0 Å². The van der Waals surface area contributed by atoms with Crippen LogP contribution in [0.25, 0.3) is 0 Å². The highest BCUT2D eigenvalue weighted by Gasteiger charge is 1.97. The van der Waals surface area contributed by atoms with E-state index in [0.29, 0.717) is 6.42 Å². The largest absolute Gasteiger partial charge is 0.251 e. The van der Waals surface area contributed by atoms with Gasteiger partial charge in [-0.3, -0.25) is 4.39 Å². The quantitative estimate of drug-likeness (QED) is 0.456. The van der Waals surface area contributed by atoms with Gasteiger partial charge in [0.1, 0.15) is 12.4 Å². The number of rotatable bonds is 4. The first-order valence-electron chi connectivity index (χ1n) is 3.90. The molecule has 0 spiro atoms. The van der Waals surface area contributed by atoms with Gasteiger partial charge in [0, 0.05) is 0 Å². The van der Waals surface area contributed by atoms with E-state index in [1.807, 2.05) is 30.3 Å². The minimum Gasteiger partial charge on any atom is -0.251 e. The molecule has 1 heterocycles. The van der Waals surface area contributed by atoms with E-state index in [1.165, 1.54) is 0 Å². The lowest BCUT2D eigenvalue weighted by atomic mass is 10.3. The molecule has 2 nitrogen and oxygen atoms in total. The number of hydrogen-bond donors (Lipinski definition) is 0. The number of hydrogen-bond acceptors (Lipinski definition) is 0. The van der Waals surface area contributed by atoms with Crippen LogP contribution in [-0.2, 0) is 13.6 Å². The molecule has 0 fully saturated rings. The van der Waals surface area contributed by atoms with Gasteiger partial charge >= 0.3 is 0 Å². The molecule has 0 aliphatic heterocycles. The van der Waals surface area contributed by atoms with E-state index in [0.717, 1.165) is 13.0 Å². The molecule has 1 aromatic heterocycles. The summed E-state index contributed by atoms with van der Waals surface area (Å²) in [4.78, 5) is 0. The molecule has 0 atom stereocenters. The third-order valence-electron chi connectivity index (χ3n) is 1.62. The van der Waals surface area contributed by atoms with Crippen LogP contribution in [0.15, 0.2) is 18.7 Å². The van der Waals surface area contributed by atoms with Gasteiger partial charge in [0.25, 0.3) is 0 Å². The van der Waals surface area contributed by atoms with Crippen LogP contribution in [0.5, 0.6) is 0 Å². The van der Waals surface area contributed by atoms with Crippen molar-refractivity contribution in [3.05, 3.63) is 18.7 Å². The van der Waals surface area contributed by atoms with E-state index in [2.05, 4.69) is 4.57 Å². The van der Waals surface area contributed by atoms with Gasteiger partial charge < -0.3 is 0 Å². The molecule has 0 amide bonds. The third-order valence-corrected chi connectivity index (χ3v) is 1.62. The number of aromatic nitrogens is 2. The molecule has 1 aromatic rings. The molecule has 11 heavy (non-hydrogen) atoms. The van der Waals surface area contributed by atoms with Gasteiger partial charge in [-0.15, -0.1) is 0 Å². The predicted octanol–water partition coefficient (Wildman–Crippen LogP) is 1.06. The summed E-state index contributed by atoms with van der Waals surface area (Å²) in [5, 5.41) is 0. The van der Waals surface area contributed by atoms with E-state index < -0.39 is 0 Å². The third kappa shape index (κ3) is 2.70. The Kier molecular flexibility index (Phi) is 3.08. The fourth-order valence-corrected chi connectivity index (χ4v) is 1.02. The normalized spacial score (nSPS) is 10.4. The van der Waals surface area contributed by atoms with Crippen molar-refractivity contribution in [3.8, 4) is 0 Å². The SMILES string of the molecule is C[n+]1ccn(CCCCF)c1. The van der Waals surface area contributed by atoms with Gasteiger partial charge in [-0.05, 0) is 12.8 Å². The number of aryl methyl sites for hydroxylation is 2. The number of imidazole rings is 1. The lowest BCUT2D eigenvalue weighted by Crippen LogP contribution is -2.23. The first kappa shape index (κ1) is 8.24. The minimum absolute atomic E-state index is 0.201. The van der Waals surface area contributed by atoms with Gasteiger partial charge in [0.15, 0.2) is 0 Å². The van der Waals surface area contributed by atoms with Gasteiger partial charge in [-0.1, -0.05) is 0 Å². The lowest BCUT2D eigenvalue weighted by molar-refractivity contribution is -0.671. The van der Waals surface area contributed by atoms with Crippen molar-refractivity contribution in [1.82, 2.24) is 4.57 Å². The van der Waals surface area contributed by atoms with Crippen LogP contribution < -0.4 is 4.57 Å². The first-order valence-corrected chi connectivity index (χ1v) is 3.90. The summed E-state index contributed by atoms with van der Waals surface area (Å²) in [6.07, 6.45) is 7.57. The summed E-state index contributed by atoms with van der Waals surface area (Å²) >= 11 is 0. The van der Waals surface area contributed by atoms with Gasteiger partial charge in [-0.25, -0.2) is 9.13 Å². The molecule has 0 aliphatic carbocycles. The van der Waals surface area contributed by atoms with Crippen LogP contribution >= 0.6 is 0 Å². The summed E-state index contributed by atoms with van der Waals surface area (Å²) in [7, 11) is 1.98. The summed E-state index contributed by atoms with van der Waals surface area (Å²) in [5.41, 5.74) is 0. The van der Waals surface area contributed by atoms with E-state index in [-0.39, 0.29) is 6.67 Å². The Morgan fingerprint density at radius 2 is 2.27 bits per heavy atom. The molecule has 0 bridgehead atoms. The predicted molar refractivity (Wildman–Crippen MR) is 40.8 cm³/mol. The Labute approximate surface area is 66.3 Å². The average molecular weight is 157 g/mol. The summed E-state index contributed by atoms with van der Waals surface area (Å²) in [6, 6.07) is 0. The Balaban J connectivity index is 2.27. The fraction of sp³-hybridized carbons (Fsp3) is 0.625. The topological polar surface area (TPSA) is 8.81 Å². The molecular formula is C8H14FN2+. The van der Waals surface area contributed by atoms with Crippen molar-refractivity contribution < 1.29 is 8.96 Å². The van der Waals surface area contributed by atoms with Crippen molar-refractivity contribution >= 4 is 0 Å². The molecule has 0 aliphatic rings. The Morgan fingerprint density at radius 1 is 1.45 bits per heavy atom. The van der Waals surface area contributed by atoms with Crippen LogP contribution in [0.1, 0.15) is 12.8 Å². The minimum atomic E-state index is -0.201. The van der Waals surface area contributed by atoms with Crippen LogP contribution in [-0.4, -0.2) is 11.2 Å². The first-order chi connectivity index (χ1) is 5.33. The van der Waals surface area contributed by atoms with Crippen molar-refractivity contribution in [2.24, 2.45) is 7.05 Å². The molecule has 0 N–H and O–H groups in total. The second kappa shape index (κ2) is 4.11. The Hall–Kier alpha value is -0.860. The second-order valence-electron chi connectivity index (χ2n) is 2.71. The van der Waals surface area contributed by atoms with Gasteiger partial charge in [-0.2, -0.15) is 0 Å². The highest BCUT2D eigenvalue weighted by Crippen LogP contribution is 1.93. The summed E-state index contributed by atoms with van der Waals surface area (Å²) in [5.74, 6) is 0. The van der Waals surface area contributed by atoms with E-state index in [1.54, 1.807) is 0 Å². The maximum absolute atomic E-state index is 11.7. The average Bonchev–Trinajstić information content (AvgIpc) is 2.37. The van der Waals surface area contributed by atoms with Crippen LogP contribution in [0.4, 0.5) is 4.39 Å². The van der Waals surface area contributed by atoms with Crippen LogP contribution in [0, 0.1) is 0 Å². The van der Waals surface area contributed by atoms with Crippen molar-refractivity contribution in [2.45, 2.75) is 19.4 Å². The maximum atomic E-state index is 11.7. The van der Waals surface area contributed by atoms with Crippen molar-refractivity contribution in [1.29, 1.82) is 0 Å². The number of unbranched alkanes of at least 4 members (excludes halogenated alkanes) is 1. The maximum Gasteiger partial charge on any atom is 0.243 e. The molecule has 0 unspecified atom stereocenters. The van der Waals surface area contributed by atoms with Crippen molar-refractivity contribution in [2.75, 3.05) is 6.67 Å². The number of nitrogens with zero attached hydrogens (tertiary/aromatic N) is 2. The van der Waals surface area contributed by atoms with Crippen LogP contribution in [0.2, 0.25) is 0 Å². The highest BCUT2D eigenvalue weighted by atomic mass is 19.1. The molecule has 62 valence electrons. The van der Waals surface area contributed by atoms with E-state index in [4.69, 9.17) is 0 Å². The molecule has 0 aromatic carbocycles. The molecule has 0 saturated heterocycles. The summed E-state index contributed by atoms with van der Waals surface area (Å²) < 4.78 is 15.7. The molecule has 3 heteroatoms. The Morgan fingerprint density at radius 3 is 2.82 bits per heavy atom. The number of halogens is 1. The zero-order valence-corrected chi connectivity index (χ0v) is 6.83. The monoisotopic (exact) mass is 157 g/mol. The molecule has 0 saturated carbocycles.